The molecule has 0 saturated heterocycles. The topological polar surface area (TPSA) is 110 Å². The molecule has 11 heteroatoms. The average molecular weight is 1030 g/mol. The fourth-order valence-corrected chi connectivity index (χ4v) is 10.1. The first-order chi connectivity index (χ1) is 37.5. The minimum Gasteiger partial charge on any atom is -0.492 e. The van der Waals surface area contributed by atoms with E-state index < -0.39 is 0 Å². The number of fused-ring (bicyclic) bond motifs is 8. The van der Waals surface area contributed by atoms with Crippen LogP contribution in [0.4, 0.5) is 0 Å². The minimum atomic E-state index is 0.109. The van der Waals surface area contributed by atoms with Gasteiger partial charge in [-0.1, -0.05) is 94.1 Å². The van der Waals surface area contributed by atoms with E-state index >= 15 is 0 Å². The summed E-state index contributed by atoms with van der Waals surface area (Å²) in [7, 11) is 12.4. The maximum absolute atomic E-state index is 7.15. The molecule has 77 heavy (non-hydrogen) atoms. The predicted octanol–water partition coefficient (Wildman–Crippen LogP) is 9.64. The van der Waals surface area contributed by atoms with Crippen molar-refractivity contribution in [2.24, 2.45) is 0 Å². The van der Waals surface area contributed by atoms with E-state index in [2.05, 4.69) is 236 Å². The Morgan fingerprint density at radius 3 is 1.16 bits per heavy atom. The van der Waals surface area contributed by atoms with Crippen molar-refractivity contribution in [2.45, 2.75) is 64.9 Å². The molecule has 5 heterocycles. The summed E-state index contributed by atoms with van der Waals surface area (Å²) >= 11 is 0. The molecule has 1 aliphatic rings. The summed E-state index contributed by atoms with van der Waals surface area (Å²) in [5.41, 5.74) is 12.1. The van der Waals surface area contributed by atoms with Gasteiger partial charge in [0.15, 0.2) is 0 Å². The van der Waals surface area contributed by atoms with Crippen molar-refractivity contribution in [2.75, 3.05) is 81.7 Å². The van der Waals surface area contributed by atoms with E-state index in [1.807, 2.05) is 0 Å². The first-order valence-corrected chi connectivity index (χ1v) is 27.7. The summed E-state index contributed by atoms with van der Waals surface area (Å²) in [5, 5.41) is 3.86. The van der Waals surface area contributed by atoms with Gasteiger partial charge in [0.2, 0.25) is 0 Å². The second kappa shape index (κ2) is 26.1. The van der Waals surface area contributed by atoms with Crippen molar-refractivity contribution in [1.29, 1.82) is 0 Å². The van der Waals surface area contributed by atoms with Gasteiger partial charge in [-0.05, 0) is 169 Å². The van der Waals surface area contributed by atoms with Crippen LogP contribution in [0.5, 0.6) is 23.0 Å². The summed E-state index contributed by atoms with van der Waals surface area (Å²) in [6, 6.07) is 51.6. The van der Waals surface area contributed by atoms with Gasteiger partial charge in [-0.3, -0.25) is 0 Å². The Bertz CT molecular complexity index is 3410. The minimum absolute atomic E-state index is 0.109. The molecule has 0 radical (unpaired) electrons. The molecule has 1 aliphatic heterocycles. The van der Waals surface area contributed by atoms with E-state index in [1.165, 1.54) is 19.3 Å². The molecular formula is C66H79N7O4. The van der Waals surface area contributed by atoms with Crippen molar-refractivity contribution in [3.8, 4) is 23.0 Å². The second-order valence-electron chi connectivity index (χ2n) is 21.0. The van der Waals surface area contributed by atoms with Crippen LogP contribution in [0.1, 0.15) is 104 Å². The lowest BCUT2D eigenvalue weighted by Crippen LogP contribution is -2.20. The number of nitrogens with zero attached hydrogens (tertiary/aromatic N) is 3. The third-order valence-corrected chi connectivity index (χ3v) is 14.2. The van der Waals surface area contributed by atoms with Gasteiger partial charge in [0, 0.05) is 91.7 Å². The van der Waals surface area contributed by atoms with Crippen molar-refractivity contribution in [3.05, 3.63) is 212 Å². The molecule has 1 atom stereocenters. The van der Waals surface area contributed by atoms with Crippen LogP contribution in [0, 0.1) is 0 Å². The van der Waals surface area contributed by atoms with Gasteiger partial charge in [-0.2, -0.15) is 0 Å². The van der Waals surface area contributed by atoms with Crippen LogP contribution >= 0.6 is 0 Å². The molecule has 11 nitrogen and oxygen atoms in total. The van der Waals surface area contributed by atoms with Crippen molar-refractivity contribution >= 4 is 22.3 Å². The highest BCUT2D eigenvalue weighted by molar-refractivity contribution is 5.86. The molecular weight excluding hydrogens is 955 g/mol. The molecule has 8 bridgehead atoms. The fraction of sp³-hybridized carbons (Fsp3) is 0.333. The van der Waals surface area contributed by atoms with Crippen LogP contribution < -0.4 is 40.3 Å². The van der Waals surface area contributed by atoms with Gasteiger partial charge >= 0.3 is 0 Å². The number of para-hydroxylation sites is 1. The summed E-state index contributed by atoms with van der Waals surface area (Å²) in [6.07, 6.45) is 8.01. The van der Waals surface area contributed by atoms with Crippen LogP contribution in [-0.4, -0.2) is 122 Å². The van der Waals surface area contributed by atoms with Crippen LogP contribution in [0.25, 0.3) is 22.3 Å². The zero-order valence-electron chi connectivity index (χ0n) is 46.6. The van der Waals surface area contributed by atoms with Gasteiger partial charge in [0.05, 0.1) is 6.10 Å². The molecule has 402 valence electrons. The number of benzene rings is 4. The highest BCUT2D eigenvalue weighted by Crippen LogP contribution is 2.34. The lowest BCUT2D eigenvalue weighted by Gasteiger charge is -2.21. The number of hydrogen-bond donors (Lipinski definition) is 4. The van der Waals surface area contributed by atoms with E-state index in [9.17, 15) is 0 Å². The normalized spacial score (nSPS) is 13.0. The van der Waals surface area contributed by atoms with Gasteiger partial charge in [-0.15, -0.1) is 0 Å². The van der Waals surface area contributed by atoms with Crippen molar-refractivity contribution < 1.29 is 18.9 Å². The highest BCUT2D eigenvalue weighted by atomic mass is 16.5. The number of aromatic amines is 4. The summed E-state index contributed by atoms with van der Waals surface area (Å²) in [6.45, 7) is 8.82. The zero-order chi connectivity index (χ0) is 53.7. The zero-order valence-corrected chi connectivity index (χ0v) is 46.6. The molecule has 0 fully saturated rings. The largest absolute Gasteiger partial charge is 0.492 e. The highest BCUT2D eigenvalue weighted by Gasteiger charge is 2.22. The standard InChI is InChI=1S/C66H79N7O4/c1-9-11-12-13-17-52(16-10-2)77-62-19-15-14-18-53(62)66-60-38-36-58(69-60)64(47-22-28-50(29-23-47)75-44-41-72(5)6)56-34-32-54(67-56)63(46-20-26-49(27-21-46)74-43-40-71(3)4)55-33-35-57(68-55)65(59-37-39-61(66)70-59)48-24-30-51(31-25-48)76-45-42-73(7)8/h14-15,18-39,52,67-70H,9-13,16-17,40-45H2,1-8H3. The van der Waals surface area contributed by atoms with Gasteiger partial charge in [0.25, 0.3) is 0 Å². The van der Waals surface area contributed by atoms with Crippen LogP contribution in [0.2, 0.25) is 0 Å². The summed E-state index contributed by atoms with van der Waals surface area (Å²) < 4.78 is 25.7. The number of hydrogen-bond acceptors (Lipinski definition) is 7. The number of aromatic nitrogens is 4. The SMILES string of the molecule is CCCCCCC(CCC)Oc1ccccc1C1=c2ccc([nH]2)=C(c2ccc(OCCN(C)C)cc2)c2ccc([nH]2)C(c2ccc(OCCN(C)C)cc2)=c2ccc([nH]2)=C(c2ccc(OCCN(C)C)cc2)c2ccc1[nH]2. The molecule has 0 saturated carbocycles. The lowest BCUT2D eigenvalue weighted by molar-refractivity contribution is 0.175. The van der Waals surface area contributed by atoms with E-state index in [1.54, 1.807) is 0 Å². The van der Waals surface area contributed by atoms with Gasteiger partial charge in [-0.25, -0.2) is 0 Å². The Kier molecular flexibility index (Phi) is 18.4. The van der Waals surface area contributed by atoms with E-state index in [-0.39, 0.29) is 6.10 Å². The van der Waals surface area contributed by atoms with E-state index in [4.69, 9.17) is 18.9 Å². The van der Waals surface area contributed by atoms with Crippen molar-refractivity contribution in [1.82, 2.24) is 34.6 Å². The Balaban J connectivity index is 1.28. The van der Waals surface area contributed by atoms with E-state index in [0.29, 0.717) is 19.8 Å². The predicted molar refractivity (Wildman–Crippen MR) is 314 cm³/mol. The molecule has 0 aliphatic carbocycles. The fourth-order valence-electron chi connectivity index (χ4n) is 10.1. The van der Waals surface area contributed by atoms with Gasteiger partial charge < -0.3 is 53.6 Å². The Morgan fingerprint density at radius 2 is 0.766 bits per heavy atom. The summed E-state index contributed by atoms with van der Waals surface area (Å²) in [5.74, 6) is 3.37. The quantitative estimate of drug-likeness (QED) is 0.0423. The summed E-state index contributed by atoms with van der Waals surface area (Å²) in [4.78, 5) is 22.3. The third kappa shape index (κ3) is 13.8. The molecule has 8 aromatic rings. The maximum atomic E-state index is 7.15. The Labute approximate surface area is 455 Å². The van der Waals surface area contributed by atoms with Crippen molar-refractivity contribution in [3.63, 3.8) is 0 Å². The maximum Gasteiger partial charge on any atom is 0.127 e. The number of likely N-dealkylation sites (N-methyl/N-ethyl adjacent to an activating group) is 3. The first kappa shape index (κ1) is 54.4. The first-order valence-electron chi connectivity index (χ1n) is 27.7. The monoisotopic (exact) mass is 1030 g/mol. The number of H-pyrrole nitrogens is 4. The Hall–Kier alpha value is -7.44. The third-order valence-electron chi connectivity index (χ3n) is 14.2. The Morgan fingerprint density at radius 1 is 0.377 bits per heavy atom. The molecule has 4 N–H and O–H groups in total. The van der Waals surface area contributed by atoms with Gasteiger partial charge in [0.1, 0.15) is 42.8 Å². The molecule has 4 aromatic heterocycles. The number of unbranched alkanes of at least 4 members (excludes halogenated alkanes) is 3. The van der Waals surface area contributed by atoms with Crippen LogP contribution in [0.15, 0.2) is 146 Å². The van der Waals surface area contributed by atoms with Crippen LogP contribution in [-0.2, 0) is 0 Å². The lowest BCUT2D eigenvalue weighted by atomic mass is 10.0. The van der Waals surface area contributed by atoms with Crippen LogP contribution in [0.3, 0.4) is 0 Å². The van der Waals surface area contributed by atoms with E-state index in [0.717, 1.165) is 157 Å². The molecule has 4 aromatic carbocycles. The molecule has 0 amide bonds. The number of nitrogens with one attached hydrogen (secondary N) is 4. The molecule has 9 rings (SSSR count). The number of ether oxygens (including phenoxy) is 4. The molecule has 1 unspecified atom stereocenters. The average Bonchev–Trinajstić information content (AvgIpc) is 4.35. The number of rotatable bonds is 25. The second-order valence-corrected chi connectivity index (χ2v) is 21.0. The smallest absolute Gasteiger partial charge is 0.127 e. The molecule has 0 spiro atoms.